The molecule has 6 aromatic heterocycles. The summed E-state index contributed by atoms with van der Waals surface area (Å²) >= 11 is 0. The van der Waals surface area contributed by atoms with E-state index in [2.05, 4.69) is 379 Å². The van der Waals surface area contributed by atoms with E-state index in [1.54, 1.807) is 0 Å². The Bertz CT molecular complexity index is 10200. The molecule has 0 unspecified atom stereocenters. The molecular weight excluding hydrogens is 1750 g/mol. The van der Waals surface area contributed by atoms with Gasteiger partial charge in [0.2, 0.25) is 0 Å². The molecule has 21 aromatic carbocycles. The van der Waals surface area contributed by atoms with E-state index in [-0.39, 0.29) is 0 Å². The molecule has 0 saturated carbocycles. The highest BCUT2D eigenvalue weighted by atomic mass is 15.0. The van der Waals surface area contributed by atoms with E-state index in [9.17, 15) is 31.6 Å². The molecule has 144 heavy (non-hydrogen) atoms. The zero-order valence-electron chi connectivity index (χ0n) is 77.4. The first kappa shape index (κ1) is 85.1. The molecule has 0 atom stereocenters. The lowest BCUT2D eigenvalue weighted by atomic mass is 9.94. The summed E-state index contributed by atoms with van der Waals surface area (Å²) in [6, 6.07) is 177. The van der Waals surface area contributed by atoms with Crippen LogP contribution in [0, 0.1) is 68.0 Å². The summed E-state index contributed by atoms with van der Waals surface area (Å²) < 4.78 is 13.8. The zero-order chi connectivity index (χ0) is 96.6. The van der Waals surface area contributed by atoms with Gasteiger partial charge in [0.25, 0.3) is 0 Å². The highest BCUT2D eigenvalue weighted by molar-refractivity contribution is 6.16. The van der Waals surface area contributed by atoms with Gasteiger partial charge in [-0.25, -0.2) is 0 Å². The van der Waals surface area contributed by atoms with Gasteiger partial charge in [-0.05, 0) is 315 Å². The van der Waals surface area contributed by atoms with Crippen LogP contribution in [0.5, 0.6) is 0 Å². The molecule has 0 spiro atoms. The number of fused-ring (bicyclic) bond motifs is 18. The van der Waals surface area contributed by atoms with Crippen LogP contribution in [-0.4, -0.2) is 27.4 Å². The van der Waals surface area contributed by atoms with Crippen molar-refractivity contribution in [1.29, 1.82) is 31.6 Å². The van der Waals surface area contributed by atoms with Crippen molar-refractivity contribution < 1.29 is 0 Å². The van der Waals surface area contributed by atoms with Crippen LogP contribution in [0.1, 0.15) is 33.4 Å². The first-order chi connectivity index (χ1) is 71.1. The molecule has 0 aliphatic rings. The minimum absolute atomic E-state index is 0.621. The number of benzene rings is 21. The van der Waals surface area contributed by atoms with Gasteiger partial charge in [-0.15, -0.1) is 0 Å². The van der Waals surface area contributed by atoms with Crippen molar-refractivity contribution in [2.45, 2.75) is 0 Å². The highest BCUT2D eigenvalue weighted by Crippen LogP contribution is 2.46. The van der Waals surface area contributed by atoms with Gasteiger partial charge >= 0.3 is 0 Å². The second kappa shape index (κ2) is 35.5. The van der Waals surface area contributed by atoms with Crippen LogP contribution in [0.3, 0.4) is 0 Å². The molecule has 0 bridgehead atoms. The van der Waals surface area contributed by atoms with Gasteiger partial charge in [0, 0.05) is 98.8 Å². The third kappa shape index (κ3) is 14.7. The van der Waals surface area contributed by atoms with Gasteiger partial charge < -0.3 is 27.4 Å². The fraction of sp³-hybridized carbons (Fsp3) is 0. The summed E-state index contributed by atoms with van der Waals surface area (Å²) in [4.78, 5) is 0. The maximum atomic E-state index is 10.1. The minimum atomic E-state index is 0.621. The molecule has 0 N–H and O–H groups in total. The predicted molar refractivity (Wildman–Crippen MR) is 586 cm³/mol. The quantitative estimate of drug-likeness (QED) is 0.118. The maximum Gasteiger partial charge on any atom is 0.0998 e. The summed E-state index contributed by atoms with van der Waals surface area (Å²) in [5.74, 6) is 0. The first-order valence-electron chi connectivity index (χ1n) is 47.7. The van der Waals surface area contributed by atoms with Gasteiger partial charge in [0.1, 0.15) is 0 Å². The number of hydrogen-bond donors (Lipinski definition) is 0. The summed E-state index contributed by atoms with van der Waals surface area (Å²) in [5, 5.41) is 71.9. The van der Waals surface area contributed by atoms with E-state index in [4.69, 9.17) is 0 Å². The van der Waals surface area contributed by atoms with E-state index < -0.39 is 0 Å². The van der Waals surface area contributed by atoms with Crippen LogP contribution in [0.2, 0.25) is 0 Å². The number of hydrogen-bond acceptors (Lipinski definition) is 6. The van der Waals surface area contributed by atoms with Gasteiger partial charge in [-0.2, -0.15) is 31.6 Å². The first-order valence-corrected chi connectivity index (χ1v) is 47.7. The Balaban J connectivity index is 0.000000113. The normalized spacial score (nSPS) is 11.3. The third-order valence-electron chi connectivity index (χ3n) is 28.0. The summed E-state index contributed by atoms with van der Waals surface area (Å²) in [6.45, 7) is 0. The van der Waals surface area contributed by atoms with E-state index in [1.807, 2.05) is 158 Å². The molecule has 12 nitrogen and oxygen atoms in total. The molecule has 0 aliphatic heterocycles. The third-order valence-corrected chi connectivity index (χ3v) is 28.0. The molecule has 0 radical (unpaired) electrons. The molecule has 0 saturated heterocycles. The lowest BCUT2D eigenvalue weighted by molar-refractivity contribution is 1.18. The van der Waals surface area contributed by atoms with E-state index in [0.717, 1.165) is 188 Å². The summed E-state index contributed by atoms with van der Waals surface area (Å²) in [5.41, 5.74) is 35.9. The van der Waals surface area contributed by atoms with Crippen LogP contribution in [-0.2, 0) is 0 Å². The monoisotopic (exact) mass is 1830 g/mol. The van der Waals surface area contributed by atoms with Crippen LogP contribution >= 0.6 is 0 Å². The fourth-order valence-electron chi connectivity index (χ4n) is 21.5. The smallest absolute Gasteiger partial charge is 0.0998 e. The Hall–Kier alpha value is -20.6. The molecule has 0 aliphatic carbocycles. The number of para-hydroxylation sites is 9. The molecular formula is C132H78N12. The van der Waals surface area contributed by atoms with E-state index in [1.165, 1.54) is 43.4 Å². The molecule has 27 rings (SSSR count). The Morgan fingerprint density at radius 2 is 0.361 bits per heavy atom. The van der Waals surface area contributed by atoms with Crippen molar-refractivity contribution in [2.75, 3.05) is 0 Å². The van der Waals surface area contributed by atoms with Crippen molar-refractivity contribution in [3.8, 4) is 137 Å². The number of nitrogens with zero attached hydrogens (tertiary/aromatic N) is 12. The Kier molecular flexibility index (Phi) is 21.0. The van der Waals surface area contributed by atoms with Gasteiger partial charge in [0.15, 0.2) is 0 Å². The SMILES string of the molecule is N#Cc1ccc(-c2cc(-c3ccc4c(c3)c3ccccc3n4-c3ccccc3)cc(-n3c4ccccc4c4cc(C#N)ccc43)c2)cc1.N#Cc1ccc2c(c1)c1ccccc1n2-c1cc(-c2ccc3c(c2)c2ccccc2n3-c2ccccc2)cc(-c2ccccc2C#N)c1.N#Cc1cccc(-c2cc(-c3ccc4c(c3)c3ccccc3n4-c3ccccc3)cc(-n3c4ccccc4c4cc(C#N)ccc43)c2)c1. The Labute approximate surface area is 827 Å². The van der Waals surface area contributed by atoms with Crippen molar-refractivity contribution in [2.24, 2.45) is 0 Å². The molecule has 12 heteroatoms. The number of nitriles is 6. The summed E-state index contributed by atoms with van der Waals surface area (Å²) in [7, 11) is 0. The van der Waals surface area contributed by atoms with Crippen molar-refractivity contribution in [3.63, 3.8) is 0 Å². The Morgan fingerprint density at radius 1 is 0.125 bits per heavy atom. The van der Waals surface area contributed by atoms with Gasteiger partial charge in [-0.3, -0.25) is 0 Å². The van der Waals surface area contributed by atoms with Gasteiger partial charge in [-0.1, -0.05) is 224 Å². The van der Waals surface area contributed by atoms with E-state index in [0.29, 0.717) is 33.4 Å². The highest BCUT2D eigenvalue weighted by Gasteiger charge is 2.25. The second-order valence-corrected chi connectivity index (χ2v) is 36.2. The number of rotatable bonds is 12. The molecule has 0 fully saturated rings. The van der Waals surface area contributed by atoms with Crippen LogP contribution in [0.25, 0.3) is 232 Å². The standard InChI is InChI=1S/3C44H26N4/c45-27-29-9-8-10-31(21-29)33-23-34(25-36(24-33)48-42-16-7-4-13-37(42)39-22-30(28-46)17-19-43(39)48)32-18-20-44-40(26-32)38-14-5-6-15-41(38)47(44)35-11-2-1-3-12-35;45-27-29-14-17-31(18-15-29)33-23-34(25-36(24-33)48-42-13-7-4-10-37(42)39-22-30(28-46)16-20-43(39)48)32-19-21-44-40(26-32)38-11-5-6-12-41(38)47(44)35-8-2-1-3-9-35;45-27-29-18-20-43-39(22-29)37-14-6-9-17-42(37)48(43)35-24-32(23-33(25-35)36-13-5-4-10-31(36)28-46)30-19-21-44-40(26-30)38-15-7-8-16-41(38)47(44)34-11-2-1-3-12-34/h3*1-26H. The second-order valence-electron chi connectivity index (χ2n) is 36.2. The van der Waals surface area contributed by atoms with Crippen LogP contribution < -0.4 is 0 Å². The van der Waals surface area contributed by atoms with Crippen molar-refractivity contribution >= 4 is 131 Å². The van der Waals surface area contributed by atoms with Crippen molar-refractivity contribution in [1.82, 2.24) is 27.4 Å². The van der Waals surface area contributed by atoms with Crippen LogP contribution in [0.4, 0.5) is 0 Å². The average molecular weight is 1830 g/mol. The number of aromatic nitrogens is 6. The van der Waals surface area contributed by atoms with Crippen LogP contribution in [0.15, 0.2) is 473 Å². The lowest BCUT2D eigenvalue weighted by Gasteiger charge is -2.15. The fourth-order valence-corrected chi connectivity index (χ4v) is 21.5. The minimum Gasteiger partial charge on any atom is -0.309 e. The average Bonchev–Trinajstić information content (AvgIpc) is 1.61. The van der Waals surface area contributed by atoms with Gasteiger partial charge in [0.05, 0.1) is 136 Å². The molecule has 6 heterocycles. The van der Waals surface area contributed by atoms with E-state index >= 15 is 0 Å². The predicted octanol–water partition coefficient (Wildman–Crippen LogP) is 32.9. The molecule has 0 amide bonds. The lowest BCUT2D eigenvalue weighted by Crippen LogP contribution is -1.97. The topological polar surface area (TPSA) is 172 Å². The molecule has 27 aromatic rings. The zero-order valence-corrected chi connectivity index (χ0v) is 77.4. The largest absolute Gasteiger partial charge is 0.309 e. The molecule has 666 valence electrons. The Morgan fingerprint density at radius 3 is 0.688 bits per heavy atom. The maximum absolute atomic E-state index is 10.1. The van der Waals surface area contributed by atoms with Crippen molar-refractivity contribution in [3.05, 3.63) is 507 Å². The summed E-state index contributed by atoms with van der Waals surface area (Å²) in [6.07, 6.45) is 0.